The van der Waals surface area contributed by atoms with E-state index in [1.54, 1.807) is 11.9 Å². The summed E-state index contributed by atoms with van der Waals surface area (Å²) in [7, 11) is 1.71. The second-order valence-corrected chi connectivity index (χ2v) is 7.61. The van der Waals surface area contributed by atoms with E-state index in [0.717, 1.165) is 16.8 Å². The Labute approximate surface area is 158 Å². The molecule has 3 amide bonds. The Morgan fingerprint density at radius 2 is 1.89 bits per heavy atom. The number of urea groups is 1. The number of para-hydroxylation sites is 1. The molecule has 2 aromatic rings. The molecule has 0 saturated heterocycles. The van der Waals surface area contributed by atoms with E-state index in [1.807, 2.05) is 37.3 Å². The van der Waals surface area contributed by atoms with Gasteiger partial charge in [-0.25, -0.2) is 10.2 Å². The van der Waals surface area contributed by atoms with E-state index in [4.69, 9.17) is 10.2 Å². The van der Waals surface area contributed by atoms with Crippen LogP contribution in [0.5, 0.6) is 0 Å². The van der Waals surface area contributed by atoms with Crippen molar-refractivity contribution in [2.45, 2.75) is 33.6 Å². The monoisotopic (exact) mass is 368 g/mol. The minimum atomic E-state index is -0.728. The average molecular weight is 368 g/mol. The van der Waals surface area contributed by atoms with Gasteiger partial charge in [-0.3, -0.25) is 4.79 Å². The highest BCUT2D eigenvalue weighted by Gasteiger charge is 2.36. The first-order valence-corrected chi connectivity index (χ1v) is 8.77. The molecule has 0 atom stereocenters. The number of hydrogen-bond acceptors (Lipinski definition) is 4. The van der Waals surface area contributed by atoms with Crippen molar-refractivity contribution in [1.29, 1.82) is 0 Å². The van der Waals surface area contributed by atoms with Crippen LogP contribution in [0.15, 0.2) is 39.9 Å². The number of benzene rings is 1. The van der Waals surface area contributed by atoms with Crippen LogP contribution >= 0.6 is 0 Å². The van der Waals surface area contributed by atoms with Crippen LogP contribution in [0.1, 0.15) is 47.7 Å². The van der Waals surface area contributed by atoms with E-state index in [2.05, 4.69) is 24.4 Å². The minimum absolute atomic E-state index is 0.110. The number of hydrogen-bond donors (Lipinski definition) is 2. The first-order chi connectivity index (χ1) is 12.7. The molecule has 27 heavy (non-hydrogen) atoms. The largest absolute Gasteiger partial charge is 0.455 e. The molecule has 0 unspecified atom stereocenters. The molecular weight excluding hydrogens is 344 g/mol. The van der Waals surface area contributed by atoms with E-state index in [1.165, 1.54) is 0 Å². The Morgan fingerprint density at radius 3 is 2.52 bits per heavy atom. The van der Waals surface area contributed by atoms with Gasteiger partial charge in [0.25, 0.3) is 5.91 Å². The van der Waals surface area contributed by atoms with E-state index >= 15 is 0 Å². The van der Waals surface area contributed by atoms with Crippen molar-refractivity contribution in [1.82, 2.24) is 5.43 Å². The number of carbonyl (C=O) groups excluding carboxylic acids is 2. The number of furan rings is 1. The lowest BCUT2D eigenvalue weighted by Gasteiger charge is -2.29. The second-order valence-electron chi connectivity index (χ2n) is 7.61. The van der Waals surface area contributed by atoms with Crippen LogP contribution in [-0.2, 0) is 6.42 Å². The fourth-order valence-corrected chi connectivity index (χ4v) is 3.46. The molecule has 1 aliphatic carbocycles. The van der Waals surface area contributed by atoms with Crippen molar-refractivity contribution in [3.8, 4) is 0 Å². The van der Waals surface area contributed by atoms with Gasteiger partial charge in [0.2, 0.25) is 0 Å². The number of amides is 3. The number of hydrazone groups is 1. The molecule has 7 heteroatoms. The molecule has 3 N–H and O–H groups in total. The van der Waals surface area contributed by atoms with Crippen LogP contribution in [-0.4, -0.2) is 24.7 Å². The maximum absolute atomic E-state index is 13.0. The number of primary amides is 1. The van der Waals surface area contributed by atoms with Crippen LogP contribution < -0.4 is 16.1 Å². The summed E-state index contributed by atoms with van der Waals surface area (Å²) in [5.41, 5.74) is 10.3. The first-order valence-electron chi connectivity index (χ1n) is 8.77. The lowest BCUT2D eigenvalue weighted by atomic mass is 9.75. The van der Waals surface area contributed by atoms with Gasteiger partial charge in [-0.05, 0) is 30.9 Å². The molecule has 1 aromatic heterocycles. The van der Waals surface area contributed by atoms with Gasteiger partial charge in [-0.2, -0.15) is 5.10 Å². The maximum Gasteiger partial charge on any atom is 0.332 e. The van der Waals surface area contributed by atoms with E-state index in [-0.39, 0.29) is 17.1 Å². The second kappa shape index (κ2) is 6.90. The highest BCUT2D eigenvalue weighted by atomic mass is 16.4. The number of nitrogens with two attached hydrogens (primary N) is 1. The van der Waals surface area contributed by atoms with Gasteiger partial charge < -0.3 is 15.1 Å². The summed E-state index contributed by atoms with van der Waals surface area (Å²) in [5, 5.41) is 4.16. The van der Waals surface area contributed by atoms with Crippen molar-refractivity contribution in [3.63, 3.8) is 0 Å². The summed E-state index contributed by atoms with van der Waals surface area (Å²) >= 11 is 0. The quantitative estimate of drug-likeness (QED) is 0.813. The third kappa shape index (κ3) is 3.72. The summed E-state index contributed by atoms with van der Waals surface area (Å²) in [6.45, 7) is 6.02. The number of anilines is 1. The molecule has 3 rings (SSSR count). The van der Waals surface area contributed by atoms with Crippen molar-refractivity contribution in [3.05, 3.63) is 53.0 Å². The van der Waals surface area contributed by atoms with Gasteiger partial charge in [-0.15, -0.1) is 0 Å². The van der Waals surface area contributed by atoms with E-state index < -0.39 is 6.03 Å². The fraction of sp³-hybridized carbons (Fsp3) is 0.350. The van der Waals surface area contributed by atoms with Crippen molar-refractivity contribution in [2.24, 2.45) is 16.3 Å². The maximum atomic E-state index is 13.0. The summed E-state index contributed by atoms with van der Waals surface area (Å²) in [4.78, 5) is 25.7. The zero-order valence-electron chi connectivity index (χ0n) is 16.0. The average Bonchev–Trinajstić information content (AvgIpc) is 2.94. The third-order valence-corrected chi connectivity index (χ3v) is 4.74. The molecule has 7 nitrogen and oxygen atoms in total. The Balaban J connectivity index is 2.02. The molecule has 0 fully saturated rings. The SMILES string of the molecule is Cc1c(C(=O)N(C)c2ccccc2)oc2c1/C(=N\NC(N)=O)CC(C)(C)C2. The molecule has 1 heterocycles. The lowest BCUT2D eigenvalue weighted by Crippen LogP contribution is -2.31. The molecule has 0 radical (unpaired) electrons. The molecule has 142 valence electrons. The first kappa shape index (κ1) is 18.7. The molecule has 1 aliphatic rings. The summed E-state index contributed by atoms with van der Waals surface area (Å²) in [6.07, 6.45) is 1.32. The van der Waals surface area contributed by atoms with Crippen molar-refractivity contribution in [2.75, 3.05) is 11.9 Å². The topological polar surface area (TPSA) is 101 Å². The molecule has 0 bridgehead atoms. The lowest BCUT2D eigenvalue weighted by molar-refractivity contribution is 0.0962. The van der Waals surface area contributed by atoms with E-state index in [0.29, 0.717) is 24.3 Å². The van der Waals surface area contributed by atoms with Crippen molar-refractivity contribution >= 4 is 23.3 Å². The molecular formula is C20H24N4O3. The van der Waals surface area contributed by atoms with E-state index in [9.17, 15) is 9.59 Å². The number of nitrogens with zero attached hydrogens (tertiary/aromatic N) is 2. The zero-order chi connectivity index (χ0) is 19.8. The number of carbonyl (C=O) groups is 2. The Morgan fingerprint density at radius 1 is 1.22 bits per heavy atom. The minimum Gasteiger partial charge on any atom is -0.455 e. The van der Waals surface area contributed by atoms with Crippen LogP contribution in [0.2, 0.25) is 0 Å². The highest BCUT2D eigenvalue weighted by Crippen LogP contribution is 2.39. The highest BCUT2D eigenvalue weighted by molar-refractivity contribution is 6.10. The van der Waals surface area contributed by atoms with Crippen LogP contribution in [0.4, 0.5) is 10.5 Å². The predicted octanol–water partition coefficient (Wildman–Crippen LogP) is 3.21. The number of nitrogens with one attached hydrogen (secondary N) is 1. The number of fused-ring (bicyclic) bond motifs is 1. The third-order valence-electron chi connectivity index (χ3n) is 4.74. The van der Waals surface area contributed by atoms with Crippen LogP contribution in [0.3, 0.4) is 0 Å². The van der Waals surface area contributed by atoms with Gasteiger partial charge in [0.1, 0.15) is 5.76 Å². The fourth-order valence-electron chi connectivity index (χ4n) is 3.46. The zero-order valence-corrected chi connectivity index (χ0v) is 16.0. The standard InChI is InChI=1S/C20H24N4O3/c1-12-16-14(22-23-19(21)26)10-20(2,3)11-15(16)27-17(12)18(25)24(4)13-8-6-5-7-9-13/h5-9H,10-11H2,1-4H3,(H3,21,23,26)/b22-14-. The van der Waals surface area contributed by atoms with Gasteiger partial charge in [0.05, 0.1) is 5.71 Å². The molecule has 0 saturated carbocycles. The summed E-state index contributed by atoms with van der Waals surface area (Å²) in [6, 6.07) is 8.65. The van der Waals surface area contributed by atoms with Gasteiger partial charge in [-0.1, -0.05) is 32.0 Å². The Bertz CT molecular complexity index is 913. The summed E-state index contributed by atoms with van der Waals surface area (Å²) in [5.74, 6) is 0.766. The predicted molar refractivity (Wildman–Crippen MR) is 104 cm³/mol. The van der Waals surface area contributed by atoms with Crippen LogP contribution in [0.25, 0.3) is 0 Å². The molecule has 0 aliphatic heterocycles. The van der Waals surface area contributed by atoms with Crippen LogP contribution in [0, 0.1) is 12.3 Å². The summed E-state index contributed by atoms with van der Waals surface area (Å²) < 4.78 is 6.00. The van der Waals surface area contributed by atoms with Gasteiger partial charge in [0, 0.05) is 30.3 Å². The Kier molecular flexibility index (Phi) is 4.78. The Hall–Kier alpha value is -3.09. The molecule has 1 aromatic carbocycles. The van der Waals surface area contributed by atoms with Gasteiger partial charge >= 0.3 is 6.03 Å². The van der Waals surface area contributed by atoms with Crippen molar-refractivity contribution < 1.29 is 14.0 Å². The van der Waals surface area contributed by atoms with Gasteiger partial charge in [0.15, 0.2) is 5.76 Å². The smallest absolute Gasteiger partial charge is 0.332 e. The molecule has 0 spiro atoms. The normalized spacial score (nSPS) is 16.7. The number of rotatable bonds is 3.